The van der Waals surface area contributed by atoms with Crippen LogP contribution in [0, 0.1) is 4.64 Å². The quantitative estimate of drug-likeness (QED) is 0.815. The first-order valence-electron chi connectivity index (χ1n) is 5.58. The molecule has 0 bridgehead atoms. The predicted molar refractivity (Wildman–Crippen MR) is 70.5 cm³/mol. The van der Waals surface area contributed by atoms with Crippen LogP contribution in [0.4, 0.5) is 0 Å². The first-order valence-corrected chi connectivity index (χ1v) is 5.99. The molecule has 0 aliphatic rings. The molecule has 17 heavy (non-hydrogen) atoms. The Bertz CT molecular complexity index is 560. The van der Waals surface area contributed by atoms with E-state index < -0.39 is 0 Å². The van der Waals surface area contributed by atoms with Crippen LogP contribution in [0.15, 0.2) is 30.3 Å². The summed E-state index contributed by atoms with van der Waals surface area (Å²) in [6.45, 7) is 2.12. The molecule has 2 aromatic rings. The van der Waals surface area contributed by atoms with E-state index in [1.54, 1.807) is 12.1 Å². The molecule has 0 saturated heterocycles. The number of rotatable bonds is 3. The first-order chi connectivity index (χ1) is 8.19. The number of phenolic OH excluding ortho intramolecular Hbond substituents is 1. The standard InChI is InChI=1S/C13H14N2OS/c1-2-3-10-8-12(17)15-13(14-10)9-4-6-11(16)7-5-9/h4-8,16H,2-3H2,1H3,(H,14,15,17). The Balaban J connectivity index is 2.44. The van der Waals surface area contributed by atoms with Gasteiger partial charge in [0.1, 0.15) is 16.2 Å². The van der Waals surface area contributed by atoms with E-state index in [-0.39, 0.29) is 5.75 Å². The van der Waals surface area contributed by atoms with Gasteiger partial charge in [-0.1, -0.05) is 25.6 Å². The number of benzene rings is 1. The van der Waals surface area contributed by atoms with Crippen LogP contribution in [-0.4, -0.2) is 15.1 Å². The lowest BCUT2D eigenvalue weighted by atomic mass is 10.2. The van der Waals surface area contributed by atoms with Crippen molar-refractivity contribution in [1.29, 1.82) is 0 Å². The van der Waals surface area contributed by atoms with Gasteiger partial charge >= 0.3 is 0 Å². The maximum absolute atomic E-state index is 9.25. The lowest BCUT2D eigenvalue weighted by Crippen LogP contribution is -1.95. The van der Waals surface area contributed by atoms with Crippen LogP contribution < -0.4 is 0 Å². The molecule has 4 heteroatoms. The number of aromatic nitrogens is 2. The Morgan fingerprint density at radius 1 is 1.29 bits per heavy atom. The lowest BCUT2D eigenvalue weighted by molar-refractivity contribution is 0.475. The molecule has 2 N–H and O–H groups in total. The van der Waals surface area contributed by atoms with Gasteiger partial charge in [0.05, 0.1) is 0 Å². The number of phenols is 1. The second kappa shape index (κ2) is 5.10. The van der Waals surface area contributed by atoms with E-state index in [2.05, 4.69) is 16.9 Å². The molecule has 0 radical (unpaired) electrons. The van der Waals surface area contributed by atoms with Crippen LogP contribution in [0.5, 0.6) is 5.75 Å². The minimum Gasteiger partial charge on any atom is -0.508 e. The molecule has 0 amide bonds. The van der Waals surface area contributed by atoms with Crippen molar-refractivity contribution in [2.24, 2.45) is 0 Å². The fourth-order valence-electron chi connectivity index (χ4n) is 1.67. The monoisotopic (exact) mass is 246 g/mol. The smallest absolute Gasteiger partial charge is 0.139 e. The van der Waals surface area contributed by atoms with E-state index >= 15 is 0 Å². The Morgan fingerprint density at radius 3 is 2.65 bits per heavy atom. The second-order valence-corrected chi connectivity index (χ2v) is 4.31. The molecule has 88 valence electrons. The molecule has 1 heterocycles. The summed E-state index contributed by atoms with van der Waals surface area (Å²) >= 11 is 5.15. The molecule has 0 aliphatic heterocycles. The minimum absolute atomic E-state index is 0.247. The van der Waals surface area contributed by atoms with Crippen LogP contribution in [0.2, 0.25) is 0 Å². The van der Waals surface area contributed by atoms with Crippen LogP contribution in [0.25, 0.3) is 11.4 Å². The summed E-state index contributed by atoms with van der Waals surface area (Å²) in [6.07, 6.45) is 2.02. The topological polar surface area (TPSA) is 48.9 Å². The van der Waals surface area contributed by atoms with Crippen molar-refractivity contribution < 1.29 is 5.11 Å². The van der Waals surface area contributed by atoms with Gasteiger partial charge in [-0.15, -0.1) is 0 Å². The fraction of sp³-hybridized carbons (Fsp3) is 0.231. The average molecular weight is 246 g/mol. The molecule has 2 rings (SSSR count). The van der Waals surface area contributed by atoms with Crippen molar-refractivity contribution in [2.45, 2.75) is 19.8 Å². The summed E-state index contributed by atoms with van der Waals surface area (Å²) < 4.78 is 0.593. The van der Waals surface area contributed by atoms with E-state index in [9.17, 15) is 5.11 Å². The lowest BCUT2D eigenvalue weighted by Gasteiger charge is -2.05. The maximum atomic E-state index is 9.25. The van der Waals surface area contributed by atoms with Crippen molar-refractivity contribution in [1.82, 2.24) is 9.97 Å². The third-order valence-electron chi connectivity index (χ3n) is 2.46. The SMILES string of the molecule is CCCc1cc(=S)nc(-c2ccc(O)cc2)[nH]1. The fourth-order valence-corrected chi connectivity index (χ4v) is 1.90. The van der Waals surface area contributed by atoms with Gasteiger partial charge in [-0.25, -0.2) is 4.98 Å². The van der Waals surface area contributed by atoms with Gasteiger partial charge in [0.2, 0.25) is 0 Å². The number of H-pyrrole nitrogens is 1. The summed E-state index contributed by atoms with van der Waals surface area (Å²) in [5, 5.41) is 9.25. The van der Waals surface area contributed by atoms with Crippen LogP contribution in [0.1, 0.15) is 19.0 Å². The summed E-state index contributed by atoms with van der Waals surface area (Å²) in [5.74, 6) is 0.998. The van der Waals surface area contributed by atoms with E-state index in [0.717, 1.165) is 29.9 Å². The van der Waals surface area contributed by atoms with Gasteiger partial charge in [-0.3, -0.25) is 0 Å². The molecular weight excluding hydrogens is 232 g/mol. The molecular formula is C13H14N2OS. The maximum Gasteiger partial charge on any atom is 0.139 e. The third-order valence-corrected chi connectivity index (χ3v) is 2.67. The number of hydrogen-bond acceptors (Lipinski definition) is 3. The highest BCUT2D eigenvalue weighted by Gasteiger charge is 2.02. The minimum atomic E-state index is 0.247. The molecule has 0 aliphatic carbocycles. The Morgan fingerprint density at radius 2 is 2.00 bits per heavy atom. The third kappa shape index (κ3) is 2.91. The zero-order chi connectivity index (χ0) is 12.3. The second-order valence-electron chi connectivity index (χ2n) is 3.89. The van der Waals surface area contributed by atoms with E-state index in [0.29, 0.717) is 4.64 Å². The van der Waals surface area contributed by atoms with E-state index in [4.69, 9.17) is 12.2 Å². The summed E-state index contributed by atoms with van der Waals surface area (Å²) in [6, 6.07) is 8.81. The molecule has 1 aromatic carbocycles. The van der Waals surface area contributed by atoms with Gasteiger partial charge < -0.3 is 10.1 Å². The Hall–Kier alpha value is -1.68. The van der Waals surface area contributed by atoms with Gasteiger partial charge in [-0.2, -0.15) is 0 Å². The molecule has 0 saturated carbocycles. The molecule has 0 spiro atoms. The molecule has 0 atom stereocenters. The highest BCUT2D eigenvalue weighted by Crippen LogP contribution is 2.18. The summed E-state index contributed by atoms with van der Waals surface area (Å²) in [5.41, 5.74) is 2.02. The number of aryl methyl sites for hydroxylation is 1. The molecule has 0 unspecified atom stereocenters. The van der Waals surface area contributed by atoms with E-state index in [1.165, 1.54) is 0 Å². The number of aromatic amines is 1. The number of hydrogen-bond donors (Lipinski definition) is 2. The van der Waals surface area contributed by atoms with Gasteiger partial charge in [0.25, 0.3) is 0 Å². The normalized spacial score (nSPS) is 10.4. The van der Waals surface area contributed by atoms with Crippen molar-refractivity contribution in [3.05, 3.63) is 40.7 Å². The van der Waals surface area contributed by atoms with Gasteiger partial charge in [-0.05, 0) is 36.8 Å². The van der Waals surface area contributed by atoms with Crippen LogP contribution in [-0.2, 0) is 6.42 Å². The highest BCUT2D eigenvalue weighted by atomic mass is 32.1. The van der Waals surface area contributed by atoms with Crippen LogP contribution in [0.3, 0.4) is 0 Å². The number of nitrogens with zero attached hydrogens (tertiary/aromatic N) is 1. The predicted octanol–water partition coefficient (Wildman–Crippen LogP) is 3.46. The zero-order valence-electron chi connectivity index (χ0n) is 9.60. The summed E-state index contributed by atoms with van der Waals surface area (Å²) in [7, 11) is 0. The number of nitrogens with one attached hydrogen (secondary N) is 1. The average Bonchev–Trinajstić information content (AvgIpc) is 2.29. The van der Waals surface area contributed by atoms with E-state index in [1.807, 2.05) is 18.2 Å². The Labute approximate surface area is 105 Å². The van der Waals surface area contributed by atoms with Crippen molar-refractivity contribution in [2.75, 3.05) is 0 Å². The van der Waals surface area contributed by atoms with Crippen LogP contribution >= 0.6 is 12.2 Å². The van der Waals surface area contributed by atoms with Crippen molar-refractivity contribution in [3.63, 3.8) is 0 Å². The van der Waals surface area contributed by atoms with Gasteiger partial charge in [0.15, 0.2) is 0 Å². The number of aromatic hydroxyl groups is 1. The largest absolute Gasteiger partial charge is 0.508 e. The Kier molecular flexibility index (Phi) is 3.54. The first kappa shape index (κ1) is 11.8. The van der Waals surface area contributed by atoms with Crippen molar-refractivity contribution >= 4 is 12.2 Å². The van der Waals surface area contributed by atoms with Crippen molar-refractivity contribution in [3.8, 4) is 17.1 Å². The van der Waals surface area contributed by atoms with Gasteiger partial charge in [0, 0.05) is 11.3 Å². The molecule has 3 nitrogen and oxygen atoms in total. The molecule has 0 fully saturated rings. The highest BCUT2D eigenvalue weighted by molar-refractivity contribution is 7.71. The zero-order valence-corrected chi connectivity index (χ0v) is 10.4. The molecule has 1 aromatic heterocycles. The summed E-state index contributed by atoms with van der Waals surface area (Å²) in [4.78, 5) is 7.56.